The van der Waals surface area contributed by atoms with Crippen LogP contribution in [0.3, 0.4) is 0 Å². The second kappa shape index (κ2) is 15.5. The first-order valence-electron chi connectivity index (χ1n) is 15.4. The summed E-state index contributed by atoms with van der Waals surface area (Å²) in [7, 11) is -4.63. The van der Waals surface area contributed by atoms with Gasteiger partial charge in [-0.15, -0.1) is 0 Å². The first-order chi connectivity index (χ1) is 23.9. The minimum absolute atomic E-state index is 0.00161. The highest BCUT2D eigenvalue weighted by atomic mass is 127. The molecule has 6 atom stereocenters. The third-order valence-corrected chi connectivity index (χ3v) is 12.8. The van der Waals surface area contributed by atoms with Gasteiger partial charge in [0.05, 0.1) is 29.8 Å². The normalized spacial score (nSPS) is 23.0. The van der Waals surface area contributed by atoms with Crippen molar-refractivity contribution >= 4 is 95.8 Å². The Morgan fingerprint density at radius 1 is 0.700 bits per heavy atom. The Labute approximate surface area is 329 Å². The fourth-order valence-electron chi connectivity index (χ4n) is 7.16. The SMILES string of the molecule is O=C([O-])c1cc(I)c(OCCOC(=O)C2C(C(=O)OCCOc3ccc(S(=O)(=O)[O-])c(I)c3)C3c4ccccc4C2C2C=CC=CC23)c(I)c1. The van der Waals surface area contributed by atoms with Crippen LogP contribution in [0.5, 0.6) is 11.5 Å². The number of hydrogen-bond acceptors (Lipinski definition) is 11. The van der Waals surface area contributed by atoms with E-state index in [1.807, 2.05) is 81.6 Å². The van der Waals surface area contributed by atoms with E-state index in [0.717, 1.165) is 11.1 Å². The van der Waals surface area contributed by atoms with Crippen LogP contribution in [0.4, 0.5) is 0 Å². The van der Waals surface area contributed by atoms with Gasteiger partial charge in [-0.3, -0.25) is 9.59 Å². The van der Waals surface area contributed by atoms with E-state index in [9.17, 15) is 32.5 Å². The van der Waals surface area contributed by atoms with E-state index in [1.54, 1.807) is 22.6 Å². The van der Waals surface area contributed by atoms with Crippen LogP contribution in [-0.4, -0.2) is 57.3 Å². The van der Waals surface area contributed by atoms with Crippen LogP contribution in [0.15, 0.2) is 83.8 Å². The number of carbonyl (C=O) groups is 3. The fourth-order valence-corrected chi connectivity index (χ4v) is 11.1. The number of hydrogen-bond donors (Lipinski definition) is 0. The zero-order valence-corrected chi connectivity index (χ0v) is 33.1. The second-order valence-corrected chi connectivity index (χ2v) is 16.6. The largest absolute Gasteiger partial charge is 0.744 e. The van der Waals surface area contributed by atoms with E-state index in [4.69, 9.17) is 18.9 Å². The molecule has 0 amide bonds. The molecule has 0 heterocycles. The molecule has 11 nitrogen and oxygen atoms in total. The number of halogens is 3. The number of carboxylic acid groups (broad SMARTS) is 1. The molecule has 0 spiro atoms. The molecule has 1 saturated carbocycles. The Hall–Kier alpha value is -2.75. The summed E-state index contributed by atoms with van der Waals surface area (Å²) in [6.45, 7) is -0.291. The molecule has 0 radical (unpaired) electrons. The molecule has 2 bridgehead atoms. The highest BCUT2D eigenvalue weighted by Gasteiger charge is 2.60. The van der Waals surface area contributed by atoms with E-state index in [1.165, 1.54) is 30.3 Å². The first-order valence-corrected chi connectivity index (χ1v) is 20.0. The summed E-state index contributed by atoms with van der Waals surface area (Å²) in [5.74, 6) is -4.08. The average Bonchev–Trinajstić information content (AvgIpc) is 3.08. The molecule has 0 N–H and O–H groups in total. The molecular formula is C35H27I3O11S-2. The lowest BCUT2D eigenvalue weighted by atomic mass is 9.48. The molecule has 0 saturated heterocycles. The highest BCUT2D eigenvalue weighted by Crippen LogP contribution is 2.62. The second-order valence-electron chi connectivity index (χ2n) is 11.8. The van der Waals surface area contributed by atoms with Crippen molar-refractivity contribution in [3.8, 4) is 11.5 Å². The van der Waals surface area contributed by atoms with Crippen molar-refractivity contribution in [2.24, 2.45) is 23.7 Å². The number of benzene rings is 3. The Balaban J connectivity index is 1.17. The molecule has 15 heteroatoms. The number of rotatable bonds is 12. The zero-order valence-electron chi connectivity index (χ0n) is 25.8. The van der Waals surface area contributed by atoms with Gasteiger partial charge in [0.25, 0.3) is 0 Å². The third-order valence-electron chi connectivity index (χ3n) is 9.05. The number of carbonyl (C=O) groups excluding carboxylic acids is 3. The van der Waals surface area contributed by atoms with Crippen molar-refractivity contribution in [3.63, 3.8) is 0 Å². The van der Waals surface area contributed by atoms with Crippen molar-refractivity contribution in [2.75, 3.05) is 26.4 Å². The number of aromatic carboxylic acids is 1. The number of carboxylic acids is 1. The predicted molar refractivity (Wildman–Crippen MR) is 200 cm³/mol. The van der Waals surface area contributed by atoms with Gasteiger partial charge in [0, 0.05) is 15.4 Å². The van der Waals surface area contributed by atoms with Crippen LogP contribution < -0.4 is 14.6 Å². The topological polar surface area (TPSA) is 168 Å². The Morgan fingerprint density at radius 2 is 1.22 bits per heavy atom. The van der Waals surface area contributed by atoms with Crippen molar-refractivity contribution < 1.29 is 51.4 Å². The molecule has 1 fully saturated rings. The number of fused-ring (bicyclic) bond motifs is 1. The van der Waals surface area contributed by atoms with Gasteiger partial charge in [-0.1, -0.05) is 48.6 Å². The van der Waals surface area contributed by atoms with E-state index < -0.39 is 39.9 Å². The summed E-state index contributed by atoms with van der Waals surface area (Å²) in [6.07, 6.45) is 8.08. The van der Waals surface area contributed by atoms with Crippen LogP contribution in [0, 0.1) is 34.4 Å². The Bertz CT molecular complexity index is 1990. The maximum Gasteiger partial charge on any atom is 0.310 e. The minimum atomic E-state index is -4.63. The van der Waals surface area contributed by atoms with E-state index in [-0.39, 0.29) is 64.1 Å². The summed E-state index contributed by atoms with van der Waals surface area (Å²) in [4.78, 5) is 38.9. The monoisotopic (exact) mass is 1040 g/mol. The van der Waals surface area contributed by atoms with Crippen LogP contribution in [0.1, 0.15) is 33.3 Å². The lowest BCUT2D eigenvalue weighted by Crippen LogP contribution is -2.54. The molecule has 4 aliphatic rings. The molecule has 3 aromatic rings. The maximum absolute atomic E-state index is 14.0. The number of allylic oxidation sites excluding steroid dienone is 4. The van der Waals surface area contributed by atoms with Crippen LogP contribution >= 0.6 is 67.8 Å². The number of ether oxygens (including phenoxy) is 4. The fraction of sp³-hybridized carbons (Fsp3) is 0.286. The average molecular weight is 1040 g/mol. The quantitative estimate of drug-likeness (QED) is 0.106. The van der Waals surface area contributed by atoms with Gasteiger partial charge < -0.3 is 33.4 Å². The molecule has 262 valence electrons. The zero-order chi connectivity index (χ0) is 35.7. The van der Waals surface area contributed by atoms with Gasteiger partial charge in [-0.25, -0.2) is 8.42 Å². The highest BCUT2D eigenvalue weighted by molar-refractivity contribution is 14.1. The minimum Gasteiger partial charge on any atom is -0.744 e. The summed E-state index contributed by atoms with van der Waals surface area (Å²) >= 11 is 5.68. The van der Waals surface area contributed by atoms with Gasteiger partial charge in [-0.2, -0.15) is 0 Å². The van der Waals surface area contributed by atoms with Crippen LogP contribution in [-0.2, 0) is 29.2 Å². The van der Waals surface area contributed by atoms with Crippen molar-refractivity contribution in [1.82, 2.24) is 0 Å². The first kappa shape index (κ1) is 37.0. The standard InChI is InChI=1S/C35H29I3O11S/c36-24-17-19(9-10-27(24)50(43,44)45)46-11-13-48-34(41)30-28-20-5-1-3-7-22(20)29(23-8-4-2-6-21(23)28)31(30)35(42)49-14-12-47-32-25(37)15-18(33(39)40)16-26(32)38/h1-10,15-17,20,22,28-31H,11-14H2,(H,39,40)(H,43,44,45)/p-2. The smallest absolute Gasteiger partial charge is 0.310 e. The van der Waals surface area contributed by atoms with E-state index in [2.05, 4.69) is 12.2 Å². The van der Waals surface area contributed by atoms with Crippen molar-refractivity contribution in [2.45, 2.75) is 16.7 Å². The molecular weight excluding hydrogens is 1010 g/mol. The maximum atomic E-state index is 14.0. The molecule has 7 rings (SSSR count). The molecule has 50 heavy (non-hydrogen) atoms. The van der Waals surface area contributed by atoms with Gasteiger partial charge in [-0.05, 0) is 127 Å². The number of esters is 2. The molecule has 0 aromatic heterocycles. The van der Waals surface area contributed by atoms with Crippen LogP contribution in [0.25, 0.3) is 0 Å². The lowest BCUT2D eigenvalue weighted by molar-refractivity contribution is -0.255. The Kier molecular flexibility index (Phi) is 11.5. The van der Waals surface area contributed by atoms with Crippen molar-refractivity contribution in [1.29, 1.82) is 0 Å². The summed E-state index contributed by atoms with van der Waals surface area (Å²) < 4.78 is 58.6. The van der Waals surface area contributed by atoms with Gasteiger partial charge in [0.15, 0.2) is 0 Å². The molecule has 6 unspecified atom stereocenters. The Morgan fingerprint density at radius 3 is 1.70 bits per heavy atom. The van der Waals surface area contributed by atoms with Crippen LogP contribution in [0.2, 0.25) is 0 Å². The molecule has 4 aliphatic carbocycles. The van der Waals surface area contributed by atoms with Gasteiger partial charge in [0.2, 0.25) is 0 Å². The summed E-state index contributed by atoms with van der Waals surface area (Å²) in [5.41, 5.74) is 2.03. The van der Waals surface area contributed by atoms with Gasteiger partial charge >= 0.3 is 11.9 Å². The summed E-state index contributed by atoms with van der Waals surface area (Å²) in [5, 5.41) is 11.3. The molecule has 3 aromatic carbocycles. The summed E-state index contributed by atoms with van der Waals surface area (Å²) in [6, 6.07) is 14.7. The van der Waals surface area contributed by atoms with Gasteiger partial charge in [0.1, 0.15) is 48.0 Å². The third kappa shape index (κ3) is 7.56. The molecule has 0 aliphatic heterocycles. The predicted octanol–water partition coefficient (Wildman–Crippen LogP) is 4.80. The lowest BCUT2D eigenvalue weighted by Gasteiger charge is -2.54. The van der Waals surface area contributed by atoms with Crippen molar-refractivity contribution in [3.05, 3.63) is 106 Å². The van der Waals surface area contributed by atoms with E-state index in [0.29, 0.717) is 18.6 Å². The van der Waals surface area contributed by atoms with E-state index >= 15 is 0 Å².